The number of methoxy groups -OCH3 is 1. The molecule has 1 heterocycles. The van der Waals surface area contributed by atoms with Crippen molar-refractivity contribution in [3.05, 3.63) is 52.9 Å². The van der Waals surface area contributed by atoms with Gasteiger partial charge in [-0.05, 0) is 73.6 Å². The lowest BCUT2D eigenvalue weighted by Gasteiger charge is -2.12. The lowest BCUT2D eigenvalue weighted by Crippen LogP contribution is -2.28. The number of carbonyl (C=O) groups excluding carboxylic acids is 1. The van der Waals surface area contributed by atoms with E-state index in [1.165, 1.54) is 11.8 Å². The molecule has 1 aliphatic rings. The molecule has 0 radical (unpaired) electrons. The highest BCUT2D eigenvalue weighted by Crippen LogP contribution is 2.36. The molecule has 0 saturated carbocycles. The van der Waals surface area contributed by atoms with Crippen LogP contribution in [0.15, 0.2) is 52.4 Å². The number of nitrogens with zero attached hydrogens (tertiary/aromatic N) is 2. The number of likely N-dealkylation sites (N-methyl/N-ethyl adjacent to an activating group) is 1. The Morgan fingerprint density at radius 2 is 1.90 bits per heavy atom. The smallest absolute Gasteiger partial charge is 0.266 e. The van der Waals surface area contributed by atoms with Gasteiger partial charge >= 0.3 is 0 Å². The Morgan fingerprint density at radius 3 is 2.55 bits per heavy atom. The molecule has 3 rings (SSSR count). The lowest BCUT2D eigenvalue weighted by atomic mass is 10.2. The Kier molecular flexibility index (Phi) is 7.63. The van der Waals surface area contributed by atoms with Gasteiger partial charge in [-0.15, -0.1) is 6.42 Å². The van der Waals surface area contributed by atoms with Gasteiger partial charge in [0.15, 0.2) is 16.7 Å². The van der Waals surface area contributed by atoms with E-state index in [1.54, 1.807) is 18.1 Å². The molecule has 0 atom stereocenters. The van der Waals surface area contributed by atoms with Crippen molar-refractivity contribution in [2.24, 2.45) is 4.99 Å². The number of amides is 1. The predicted molar refractivity (Wildman–Crippen MR) is 125 cm³/mol. The first-order valence-electron chi connectivity index (χ1n) is 9.86. The Balaban J connectivity index is 1.88. The van der Waals surface area contributed by atoms with Crippen LogP contribution in [0.25, 0.3) is 6.08 Å². The fourth-order valence-electron chi connectivity index (χ4n) is 2.91. The summed E-state index contributed by atoms with van der Waals surface area (Å²) in [5.41, 5.74) is 1.58. The maximum absolute atomic E-state index is 12.9. The molecule has 31 heavy (non-hydrogen) atoms. The highest BCUT2D eigenvalue weighted by atomic mass is 32.2. The Bertz CT molecular complexity index is 1040. The van der Waals surface area contributed by atoms with Crippen molar-refractivity contribution >= 4 is 34.6 Å². The summed E-state index contributed by atoms with van der Waals surface area (Å²) in [7, 11) is 1.62. The molecule has 0 unspecified atom stereocenters. The second kappa shape index (κ2) is 10.6. The Morgan fingerprint density at radius 1 is 1.13 bits per heavy atom. The van der Waals surface area contributed by atoms with Crippen LogP contribution in [0.5, 0.6) is 17.2 Å². The van der Waals surface area contributed by atoms with Crippen LogP contribution in [0.1, 0.15) is 19.4 Å². The maximum Gasteiger partial charge on any atom is 0.266 e. The fraction of sp³-hybridized carbons (Fsp3) is 0.250. The number of rotatable bonds is 8. The Hall–Kier alpha value is -3.37. The third kappa shape index (κ3) is 5.41. The number of amidine groups is 1. The van der Waals surface area contributed by atoms with E-state index in [9.17, 15) is 4.79 Å². The topological polar surface area (TPSA) is 60.4 Å². The predicted octanol–water partition coefficient (Wildman–Crippen LogP) is 4.73. The number of terminal acetylenes is 1. The highest BCUT2D eigenvalue weighted by Gasteiger charge is 2.32. The number of aliphatic imine (C=N–C) groups is 1. The van der Waals surface area contributed by atoms with Gasteiger partial charge in [0.25, 0.3) is 5.91 Å². The summed E-state index contributed by atoms with van der Waals surface area (Å²) in [5.74, 6) is 4.28. The average Bonchev–Trinajstić information content (AvgIpc) is 3.07. The summed E-state index contributed by atoms with van der Waals surface area (Å²) >= 11 is 1.35. The van der Waals surface area contributed by atoms with Gasteiger partial charge in [0.1, 0.15) is 12.4 Å². The quantitative estimate of drug-likeness (QED) is 0.442. The molecular formula is C24H24N2O4S. The van der Waals surface area contributed by atoms with Crippen LogP contribution >= 0.6 is 11.8 Å². The molecule has 1 fully saturated rings. The third-order valence-corrected chi connectivity index (χ3v) is 5.38. The molecule has 2 aromatic carbocycles. The van der Waals surface area contributed by atoms with Gasteiger partial charge in [-0.2, -0.15) is 0 Å². The molecule has 7 heteroatoms. The summed E-state index contributed by atoms with van der Waals surface area (Å²) in [6.45, 7) is 5.00. The minimum absolute atomic E-state index is 0.0784. The maximum atomic E-state index is 12.9. The van der Waals surface area contributed by atoms with E-state index in [2.05, 4.69) is 10.9 Å². The van der Waals surface area contributed by atoms with Crippen LogP contribution in [0.4, 0.5) is 5.69 Å². The van der Waals surface area contributed by atoms with Crippen molar-refractivity contribution in [3.8, 4) is 29.6 Å². The van der Waals surface area contributed by atoms with Crippen LogP contribution in [0.3, 0.4) is 0 Å². The zero-order valence-electron chi connectivity index (χ0n) is 17.8. The van der Waals surface area contributed by atoms with Gasteiger partial charge in [-0.1, -0.05) is 12.0 Å². The van der Waals surface area contributed by atoms with E-state index >= 15 is 0 Å². The second-order valence-electron chi connectivity index (χ2n) is 6.38. The van der Waals surface area contributed by atoms with Crippen molar-refractivity contribution in [1.82, 2.24) is 4.90 Å². The first-order chi connectivity index (χ1) is 15.1. The number of hydrogen-bond acceptors (Lipinski definition) is 6. The molecule has 2 aromatic rings. The molecular weight excluding hydrogens is 412 g/mol. The standard InChI is InChI=1S/C24H24N2O4S/c1-5-14-30-20-13-8-17(15-21(20)29-7-3)16-22-23(27)26(6-2)24(31-22)25-18-9-11-19(28-4)12-10-18/h1,8-13,15-16H,6-7,14H2,2-4H3/b22-16+,25-24?. The summed E-state index contributed by atoms with van der Waals surface area (Å²) < 4.78 is 16.4. The zero-order valence-corrected chi connectivity index (χ0v) is 18.6. The molecule has 0 bridgehead atoms. The normalized spacial score (nSPS) is 15.9. The van der Waals surface area contributed by atoms with Crippen LogP contribution in [0, 0.1) is 12.3 Å². The molecule has 0 aromatic heterocycles. The molecule has 160 valence electrons. The van der Waals surface area contributed by atoms with Crippen molar-refractivity contribution < 1.29 is 19.0 Å². The summed E-state index contributed by atoms with van der Waals surface area (Å²) in [6, 6.07) is 12.9. The molecule has 1 aliphatic heterocycles. The van der Waals surface area contributed by atoms with Gasteiger partial charge in [-0.3, -0.25) is 9.69 Å². The summed E-state index contributed by atoms with van der Waals surface area (Å²) in [6.07, 6.45) is 7.11. The highest BCUT2D eigenvalue weighted by molar-refractivity contribution is 8.18. The average molecular weight is 437 g/mol. The van der Waals surface area contributed by atoms with E-state index in [0.717, 1.165) is 17.0 Å². The molecule has 0 spiro atoms. The van der Waals surface area contributed by atoms with Gasteiger partial charge in [-0.25, -0.2) is 4.99 Å². The van der Waals surface area contributed by atoms with Crippen LogP contribution in [-0.2, 0) is 4.79 Å². The molecule has 1 amide bonds. The molecule has 0 aliphatic carbocycles. The van der Waals surface area contributed by atoms with E-state index in [0.29, 0.717) is 34.7 Å². The van der Waals surface area contributed by atoms with Gasteiger partial charge in [0, 0.05) is 6.54 Å². The first kappa shape index (κ1) is 22.3. The van der Waals surface area contributed by atoms with Crippen LogP contribution in [0.2, 0.25) is 0 Å². The van der Waals surface area contributed by atoms with E-state index in [4.69, 9.17) is 20.6 Å². The molecule has 6 nitrogen and oxygen atoms in total. The fourth-order valence-corrected chi connectivity index (χ4v) is 3.97. The van der Waals surface area contributed by atoms with Crippen molar-refractivity contribution in [1.29, 1.82) is 0 Å². The summed E-state index contributed by atoms with van der Waals surface area (Å²) in [5, 5.41) is 0.642. The SMILES string of the molecule is C#CCOc1ccc(/C=C2/SC(=Nc3ccc(OC)cc3)N(CC)C2=O)cc1OCC. The number of hydrogen-bond donors (Lipinski definition) is 0. The number of carbonyl (C=O) groups is 1. The minimum Gasteiger partial charge on any atom is -0.497 e. The van der Waals surface area contributed by atoms with Gasteiger partial charge in [0.05, 0.1) is 24.3 Å². The largest absolute Gasteiger partial charge is 0.497 e. The number of ether oxygens (including phenoxy) is 3. The minimum atomic E-state index is -0.0784. The van der Waals surface area contributed by atoms with E-state index in [1.807, 2.05) is 56.3 Å². The Labute approximate surface area is 186 Å². The van der Waals surface area contributed by atoms with Crippen molar-refractivity contribution in [2.45, 2.75) is 13.8 Å². The van der Waals surface area contributed by atoms with Crippen molar-refractivity contribution in [2.75, 3.05) is 26.9 Å². The third-order valence-electron chi connectivity index (χ3n) is 4.38. The van der Waals surface area contributed by atoms with Gasteiger partial charge < -0.3 is 14.2 Å². The van der Waals surface area contributed by atoms with Crippen LogP contribution in [-0.4, -0.2) is 42.8 Å². The zero-order chi connectivity index (χ0) is 22.2. The summed E-state index contributed by atoms with van der Waals surface area (Å²) in [4.78, 5) is 19.8. The van der Waals surface area contributed by atoms with E-state index in [-0.39, 0.29) is 12.5 Å². The van der Waals surface area contributed by atoms with Crippen LogP contribution < -0.4 is 14.2 Å². The number of thioether (sulfide) groups is 1. The molecule has 1 saturated heterocycles. The number of benzene rings is 2. The monoisotopic (exact) mass is 436 g/mol. The molecule has 0 N–H and O–H groups in total. The van der Waals surface area contributed by atoms with Gasteiger partial charge in [0.2, 0.25) is 0 Å². The van der Waals surface area contributed by atoms with Crippen molar-refractivity contribution in [3.63, 3.8) is 0 Å². The van der Waals surface area contributed by atoms with E-state index < -0.39 is 0 Å². The second-order valence-corrected chi connectivity index (χ2v) is 7.39. The first-order valence-corrected chi connectivity index (χ1v) is 10.7. The lowest BCUT2D eigenvalue weighted by molar-refractivity contribution is -0.122.